The van der Waals surface area contributed by atoms with Crippen molar-refractivity contribution >= 4 is 23.1 Å². The van der Waals surface area contributed by atoms with E-state index in [1.165, 1.54) is 19.3 Å². The molecule has 0 fully saturated rings. The fraction of sp³-hybridized carbons (Fsp3) is 0.745. The summed E-state index contributed by atoms with van der Waals surface area (Å²) >= 11 is 0. The Labute approximate surface area is 380 Å². The van der Waals surface area contributed by atoms with Crippen LogP contribution in [0.1, 0.15) is 240 Å². The van der Waals surface area contributed by atoms with Gasteiger partial charge >= 0.3 is 0 Å². The van der Waals surface area contributed by atoms with Crippen LogP contribution in [0.5, 0.6) is 0 Å². The lowest BCUT2D eigenvalue weighted by molar-refractivity contribution is -0.177. The quantitative estimate of drug-likeness (QED) is 0.0316. The predicted octanol–water partition coefficient (Wildman–Crippen LogP) is 14.1. The van der Waals surface area contributed by atoms with Gasteiger partial charge in [0.15, 0.2) is 17.3 Å². The number of allylic oxidation sites excluding steroid dienone is 10. The molecule has 0 aromatic carbocycles. The van der Waals surface area contributed by atoms with E-state index in [4.69, 9.17) is 0 Å². The van der Waals surface area contributed by atoms with Gasteiger partial charge in [0.2, 0.25) is 5.60 Å². The molecule has 0 aliphatic carbocycles. The fourth-order valence-electron chi connectivity index (χ4n) is 7.76. The van der Waals surface area contributed by atoms with Gasteiger partial charge in [0.25, 0.3) is 0 Å². The lowest BCUT2D eigenvalue weighted by Gasteiger charge is -2.35. The molecule has 4 unspecified atom stereocenters. The smallest absolute Gasteiger partial charge is 0.211 e. The minimum absolute atomic E-state index is 0.0322. The molecular weight excluding hydrogens is 773 g/mol. The van der Waals surface area contributed by atoms with Gasteiger partial charge in [0.05, 0.1) is 5.92 Å². The van der Waals surface area contributed by atoms with Crippen LogP contribution >= 0.6 is 0 Å². The minimum atomic E-state index is -3.05. The summed E-state index contributed by atoms with van der Waals surface area (Å²) in [6, 6.07) is 0. The van der Waals surface area contributed by atoms with Crippen LogP contribution in [-0.2, 0) is 19.2 Å². The van der Waals surface area contributed by atoms with Crippen LogP contribution in [-0.4, -0.2) is 56.3 Å². The van der Waals surface area contributed by atoms with Crippen molar-refractivity contribution in [2.75, 3.05) is 0 Å². The molecule has 62 heavy (non-hydrogen) atoms. The summed E-state index contributed by atoms with van der Waals surface area (Å²) in [4.78, 5) is 55.5. The van der Waals surface area contributed by atoms with Gasteiger partial charge in [-0.3, -0.25) is 19.2 Å². The Kier molecular flexibility index (Phi) is 40.4. The highest BCUT2D eigenvalue weighted by Gasteiger charge is 2.55. The lowest BCUT2D eigenvalue weighted by Crippen LogP contribution is -2.63. The molecule has 0 aliphatic heterocycles. The van der Waals surface area contributed by atoms with E-state index in [0.29, 0.717) is 32.1 Å². The molecule has 0 aromatic rings. The van der Waals surface area contributed by atoms with Crippen LogP contribution in [0.2, 0.25) is 0 Å². The number of unbranched alkanes of at least 4 members (excludes halogenated alkanes) is 20. The van der Waals surface area contributed by atoms with Crippen molar-refractivity contribution in [3.63, 3.8) is 0 Å². The highest BCUT2D eigenvalue weighted by Crippen LogP contribution is 2.29. The van der Waals surface area contributed by atoms with Gasteiger partial charge < -0.3 is 15.3 Å². The fourth-order valence-corrected chi connectivity index (χ4v) is 7.76. The summed E-state index contributed by atoms with van der Waals surface area (Å²) < 4.78 is 0. The molecule has 356 valence electrons. The molecule has 0 radical (unpaired) electrons. The van der Waals surface area contributed by atoms with Crippen molar-refractivity contribution in [1.82, 2.24) is 0 Å². The molecule has 0 saturated carbocycles. The zero-order valence-corrected chi connectivity index (χ0v) is 40.3. The Morgan fingerprint density at radius 3 is 1.31 bits per heavy atom. The molecule has 7 heteroatoms. The SMILES string of the molecule is CC/C=C\C/C=C\C/C=C\CCCCCCCC(=O)C(CCCCCC/C=C\C/C=C\CCCCC)C(=O)C(O)(C(=O)CCCCCCC)C(O)C(O)C(=O)CCCCCCC. The maximum atomic E-state index is 14.5. The monoisotopic (exact) mass is 867 g/mol. The Bertz CT molecular complexity index is 1280. The maximum Gasteiger partial charge on any atom is 0.211 e. The largest absolute Gasteiger partial charge is 0.386 e. The van der Waals surface area contributed by atoms with Crippen LogP contribution in [0.4, 0.5) is 0 Å². The molecule has 0 rings (SSSR count). The average Bonchev–Trinajstić information content (AvgIpc) is 3.27. The minimum Gasteiger partial charge on any atom is -0.386 e. The maximum absolute atomic E-state index is 14.5. The Balaban J connectivity index is 5.73. The highest BCUT2D eigenvalue weighted by atomic mass is 16.4. The number of hydrogen-bond acceptors (Lipinski definition) is 7. The zero-order chi connectivity index (χ0) is 45.9. The van der Waals surface area contributed by atoms with Crippen LogP contribution in [0, 0.1) is 5.92 Å². The van der Waals surface area contributed by atoms with Crippen molar-refractivity contribution in [2.24, 2.45) is 5.92 Å². The summed E-state index contributed by atoms with van der Waals surface area (Å²) in [5.41, 5.74) is -3.05. The summed E-state index contributed by atoms with van der Waals surface area (Å²) in [6.07, 6.45) is 44.2. The second-order valence-electron chi connectivity index (χ2n) is 17.5. The topological polar surface area (TPSA) is 129 Å². The molecule has 0 aromatic heterocycles. The van der Waals surface area contributed by atoms with E-state index in [2.05, 4.69) is 88.5 Å². The van der Waals surface area contributed by atoms with Crippen molar-refractivity contribution in [2.45, 2.75) is 257 Å². The van der Waals surface area contributed by atoms with Gasteiger partial charge in [-0.1, -0.05) is 191 Å². The second kappa shape index (κ2) is 42.2. The summed E-state index contributed by atoms with van der Waals surface area (Å²) in [7, 11) is 0. The number of carbonyl (C=O) groups is 4. The zero-order valence-electron chi connectivity index (χ0n) is 40.3. The van der Waals surface area contributed by atoms with Crippen molar-refractivity contribution in [3.05, 3.63) is 60.8 Å². The van der Waals surface area contributed by atoms with Crippen molar-refractivity contribution < 1.29 is 34.5 Å². The van der Waals surface area contributed by atoms with Crippen LogP contribution < -0.4 is 0 Å². The molecule has 0 aliphatic rings. The molecule has 0 heterocycles. The van der Waals surface area contributed by atoms with E-state index < -0.39 is 41.1 Å². The van der Waals surface area contributed by atoms with Crippen molar-refractivity contribution in [1.29, 1.82) is 0 Å². The van der Waals surface area contributed by atoms with Gasteiger partial charge in [-0.15, -0.1) is 0 Å². The van der Waals surface area contributed by atoms with E-state index in [1.807, 2.05) is 0 Å². The summed E-state index contributed by atoms with van der Waals surface area (Å²) in [6.45, 7) is 8.52. The van der Waals surface area contributed by atoms with E-state index >= 15 is 0 Å². The average molecular weight is 867 g/mol. The normalized spacial score (nSPS) is 14.8. The van der Waals surface area contributed by atoms with Crippen molar-refractivity contribution in [3.8, 4) is 0 Å². The predicted molar refractivity (Wildman–Crippen MR) is 261 cm³/mol. The third kappa shape index (κ3) is 29.6. The van der Waals surface area contributed by atoms with Gasteiger partial charge in [-0.05, 0) is 89.9 Å². The third-order valence-electron chi connectivity index (χ3n) is 11.9. The first-order valence-corrected chi connectivity index (χ1v) is 25.6. The highest BCUT2D eigenvalue weighted by molar-refractivity contribution is 6.18. The summed E-state index contributed by atoms with van der Waals surface area (Å²) in [5, 5.41) is 34.6. The Morgan fingerprint density at radius 1 is 0.435 bits per heavy atom. The van der Waals surface area contributed by atoms with E-state index in [0.717, 1.165) is 135 Å². The number of aliphatic hydroxyl groups excluding tert-OH is 2. The van der Waals surface area contributed by atoms with Crippen LogP contribution in [0.25, 0.3) is 0 Å². The molecule has 0 bridgehead atoms. The van der Waals surface area contributed by atoms with Crippen LogP contribution in [0.15, 0.2) is 60.8 Å². The third-order valence-corrected chi connectivity index (χ3v) is 11.9. The van der Waals surface area contributed by atoms with E-state index in [-0.39, 0.29) is 31.5 Å². The molecule has 7 nitrogen and oxygen atoms in total. The molecule has 0 saturated heterocycles. The first kappa shape index (κ1) is 59.3. The number of Topliss-reactive ketones (excluding diaryl/α,β-unsaturated/α-hetero) is 4. The molecule has 4 atom stereocenters. The van der Waals surface area contributed by atoms with Gasteiger partial charge in [0.1, 0.15) is 18.0 Å². The Hall–Kier alpha value is -2.74. The Morgan fingerprint density at radius 2 is 0.806 bits per heavy atom. The lowest BCUT2D eigenvalue weighted by atomic mass is 9.74. The molecular formula is C55H94O7. The van der Waals surface area contributed by atoms with Gasteiger partial charge in [-0.2, -0.15) is 0 Å². The van der Waals surface area contributed by atoms with E-state index in [9.17, 15) is 34.5 Å². The van der Waals surface area contributed by atoms with Crippen LogP contribution in [0.3, 0.4) is 0 Å². The van der Waals surface area contributed by atoms with Gasteiger partial charge in [0, 0.05) is 19.3 Å². The number of carbonyl (C=O) groups excluding carboxylic acids is 4. The van der Waals surface area contributed by atoms with Gasteiger partial charge in [-0.25, -0.2) is 0 Å². The number of rotatable bonds is 45. The molecule has 0 spiro atoms. The number of hydrogen-bond donors (Lipinski definition) is 3. The number of aliphatic hydroxyl groups is 3. The molecule has 3 N–H and O–H groups in total. The van der Waals surface area contributed by atoms with E-state index in [1.54, 1.807) is 0 Å². The first-order chi connectivity index (χ1) is 30.1. The molecule has 0 amide bonds. The number of ketones is 4. The first-order valence-electron chi connectivity index (χ1n) is 25.6. The second-order valence-corrected chi connectivity index (χ2v) is 17.5. The standard InChI is InChI=1S/C55H94O7/c1-5-9-13-17-19-21-23-25-27-29-31-33-35-39-41-45-49(56)48(44-40-38-34-32-30-28-26-24-22-20-18-14-10-6-2)53(60)55(62,51(58)47-43-37-16-12-8-4)54(61)52(59)50(57)46-42-36-15-11-7-3/h9,13,19-22,25-28,48,52,54,59,61-62H,5-8,10-12,14-18,23-24,29-47H2,1-4H3/b13-9-,21-19-,22-20-,27-25-,28-26-. The summed E-state index contributed by atoms with van der Waals surface area (Å²) in [5.74, 6) is -4.34.